The number of carbonyl (C=O) groups is 2. The fourth-order valence-corrected chi connectivity index (χ4v) is 5.49. The van der Waals surface area contributed by atoms with Crippen molar-refractivity contribution in [2.45, 2.75) is 59.8 Å². The van der Waals surface area contributed by atoms with Crippen molar-refractivity contribution in [1.29, 1.82) is 0 Å². The number of Topliss-reactive ketones (excluding diaryl/α,β-unsaturated/α-hetero) is 1. The SMILES string of the molecule is CCCc1[nH]c2c(c1C(=O)C(C)C)CCc1cnc(Nc3nc(Cl)nc4c3C(=O)N(CC)CC4)c(F)c1-2. The minimum absolute atomic E-state index is 0.0231. The number of aromatic amines is 1. The molecule has 1 aliphatic heterocycles. The van der Waals surface area contributed by atoms with Gasteiger partial charge in [-0.25, -0.2) is 14.4 Å². The summed E-state index contributed by atoms with van der Waals surface area (Å²) < 4.78 is 16.2. The van der Waals surface area contributed by atoms with Crippen LogP contribution in [0.4, 0.5) is 16.0 Å². The van der Waals surface area contributed by atoms with Gasteiger partial charge in [0.05, 0.1) is 11.4 Å². The molecule has 8 nitrogen and oxygen atoms in total. The number of hydrogen-bond donors (Lipinski definition) is 2. The van der Waals surface area contributed by atoms with E-state index in [1.807, 2.05) is 20.8 Å². The molecule has 3 aromatic heterocycles. The number of halogens is 2. The third-order valence-corrected chi connectivity index (χ3v) is 7.31. The molecule has 0 unspecified atom stereocenters. The number of aromatic nitrogens is 4. The number of fused-ring (bicyclic) bond motifs is 4. The zero-order chi connectivity index (χ0) is 26.4. The van der Waals surface area contributed by atoms with Gasteiger partial charge in [-0.15, -0.1) is 0 Å². The van der Waals surface area contributed by atoms with E-state index in [0.29, 0.717) is 61.3 Å². The number of nitrogens with one attached hydrogen (secondary N) is 2. The lowest BCUT2D eigenvalue weighted by Crippen LogP contribution is -2.38. The van der Waals surface area contributed by atoms with Crippen molar-refractivity contribution in [2.24, 2.45) is 5.92 Å². The molecule has 0 spiro atoms. The second kappa shape index (κ2) is 9.85. The predicted molar refractivity (Wildman–Crippen MR) is 140 cm³/mol. The topological polar surface area (TPSA) is 104 Å². The highest BCUT2D eigenvalue weighted by Gasteiger charge is 2.33. The van der Waals surface area contributed by atoms with Crippen molar-refractivity contribution >= 4 is 34.9 Å². The first-order chi connectivity index (χ1) is 17.7. The summed E-state index contributed by atoms with van der Waals surface area (Å²) >= 11 is 6.15. The number of carbonyl (C=O) groups excluding carboxylic acids is 2. The van der Waals surface area contributed by atoms with Gasteiger partial charge in [-0.2, -0.15) is 4.98 Å². The first-order valence-corrected chi connectivity index (χ1v) is 13.2. The molecular weight excluding hydrogens is 495 g/mol. The Hall–Kier alpha value is -3.33. The smallest absolute Gasteiger partial charge is 0.259 e. The van der Waals surface area contributed by atoms with Gasteiger partial charge in [0.25, 0.3) is 5.91 Å². The summed E-state index contributed by atoms with van der Waals surface area (Å²) in [6.45, 7) is 8.80. The van der Waals surface area contributed by atoms with Gasteiger partial charge in [-0.3, -0.25) is 9.59 Å². The molecule has 0 aromatic carbocycles. The maximum absolute atomic E-state index is 16.2. The average Bonchev–Trinajstić information content (AvgIpc) is 3.23. The molecule has 2 aliphatic rings. The number of hydrogen-bond acceptors (Lipinski definition) is 6. The third-order valence-electron chi connectivity index (χ3n) is 7.14. The van der Waals surface area contributed by atoms with E-state index in [4.69, 9.17) is 11.6 Å². The number of likely N-dealkylation sites (N-methyl/N-ethyl adjacent to an activating group) is 1. The van der Waals surface area contributed by atoms with Gasteiger partial charge >= 0.3 is 0 Å². The lowest BCUT2D eigenvalue weighted by Gasteiger charge is -2.28. The van der Waals surface area contributed by atoms with Crippen molar-refractivity contribution in [1.82, 2.24) is 24.8 Å². The van der Waals surface area contributed by atoms with Crippen LogP contribution in [-0.4, -0.2) is 49.6 Å². The first-order valence-electron chi connectivity index (χ1n) is 12.8. The number of amides is 1. The average molecular weight is 525 g/mol. The van der Waals surface area contributed by atoms with Crippen LogP contribution in [0.1, 0.15) is 77.3 Å². The molecule has 10 heteroatoms. The number of aryl methyl sites for hydroxylation is 2. The minimum atomic E-state index is -0.564. The van der Waals surface area contributed by atoms with Crippen molar-refractivity contribution < 1.29 is 14.0 Å². The van der Waals surface area contributed by atoms with E-state index in [2.05, 4.69) is 32.2 Å². The fourth-order valence-electron chi connectivity index (χ4n) is 5.30. The second-order valence-corrected chi connectivity index (χ2v) is 10.2. The van der Waals surface area contributed by atoms with Crippen molar-refractivity contribution in [3.63, 3.8) is 0 Å². The molecule has 0 saturated heterocycles. The molecule has 0 atom stereocenters. The lowest BCUT2D eigenvalue weighted by molar-refractivity contribution is 0.0747. The zero-order valence-corrected chi connectivity index (χ0v) is 22.2. The summed E-state index contributed by atoms with van der Waals surface area (Å²) in [6, 6.07) is 0. The Morgan fingerprint density at radius 2 is 1.97 bits per heavy atom. The number of nitrogens with zero attached hydrogens (tertiary/aromatic N) is 4. The van der Waals surface area contributed by atoms with Gasteiger partial charge in [0.15, 0.2) is 17.4 Å². The molecule has 3 aromatic rings. The van der Waals surface area contributed by atoms with Gasteiger partial charge in [0.1, 0.15) is 11.4 Å². The Kier molecular flexibility index (Phi) is 6.74. The van der Waals surface area contributed by atoms with Crippen LogP contribution < -0.4 is 5.32 Å². The number of rotatable bonds is 7. The second-order valence-electron chi connectivity index (χ2n) is 9.84. The van der Waals surface area contributed by atoms with Crippen LogP contribution in [0.5, 0.6) is 0 Å². The molecular formula is C27H30ClFN6O2. The van der Waals surface area contributed by atoms with Gasteiger partial charge in [-0.1, -0.05) is 27.2 Å². The van der Waals surface area contributed by atoms with Gasteiger partial charge in [0.2, 0.25) is 5.28 Å². The Labute approximate surface area is 220 Å². The van der Waals surface area contributed by atoms with Gasteiger partial charge in [-0.05, 0) is 48.9 Å². The quantitative estimate of drug-likeness (QED) is 0.320. The van der Waals surface area contributed by atoms with E-state index in [1.54, 1.807) is 11.1 Å². The zero-order valence-electron chi connectivity index (χ0n) is 21.5. The third kappa shape index (κ3) is 4.29. The normalized spacial score (nSPS) is 14.5. The Morgan fingerprint density at radius 1 is 1.19 bits per heavy atom. The number of anilines is 2. The molecule has 0 bridgehead atoms. The highest BCUT2D eigenvalue weighted by molar-refractivity contribution is 6.28. The highest BCUT2D eigenvalue weighted by atomic mass is 35.5. The summed E-state index contributed by atoms with van der Waals surface area (Å²) in [4.78, 5) is 44.1. The number of H-pyrrole nitrogens is 1. The molecule has 4 heterocycles. The highest BCUT2D eigenvalue weighted by Crippen LogP contribution is 2.41. The number of pyridine rings is 1. The summed E-state index contributed by atoms with van der Waals surface area (Å²) in [5, 5.41) is 2.91. The summed E-state index contributed by atoms with van der Waals surface area (Å²) in [5.74, 6) is -0.814. The van der Waals surface area contributed by atoms with E-state index >= 15 is 4.39 Å². The van der Waals surface area contributed by atoms with E-state index in [0.717, 1.165) is 23.2 Å². The summed E-state index contributed by atoms with van der Waals surface area (Å²) in [7, 11) is 0. The van der Waals surface area contributed by atoms with E-state index in [-0.39, 0.29) is 40.1 Å². The molecule has 5 rings (SSSR count). The van der Waals surface area contributed by atoms with Crippen LogP contribution in [0.3, 0.4) is 0 Å². The monoisotopic (exact) mass is 524 g/mol. The number of ketones is 1. The van der Waals surface area contributed by atoms with Crippen LogP contribution >= 0.6 is 11.6 Å². The van der Waals surface area contributed by atoms with E-state index in [9.17, 15) is 9.59 Å². The van der Waals surface area contributed by atoms with Gasteiger partial charge < -0.3 is 15.2 Å². The Balaban J connectivity index is 1.61. The van der Waals surface area contributed by atoms with Crippen molar-refractivity contribution in [2.75, 3.05) is 18.4 Å². The molecule has 1 amide bonds. The Bertz CT molecular complexity index is 1420. The molecule has 0 saturated carbocycles. The van der Waals surface area contributed by atoms with E-state index < -0.39 is 5.82 Å². The maximum atomic E-state index is 16.2. The largest absolute Gasteiger partial charge is 0.357 e. The molecule has 37 heavy (non-hydrogen) atoms. The summed E-state index contributed by atoms with van der Waals surface area (Å²) in [5.41, 5.74) is 5.02. The van der Waals surface area contributed by atoms with Crippen molar-refractivity contribution in [3.8, 4) is 11.3 Å². The first kappa shape index (κ1) is 25.3. The fraction of sp³-hybridized carbons (Fsp3) is 0.444. The Morgan fingerprint density at radius 3 is 2.68 bits per heavy atom. The molecule has 2 N–H and O–H groups in total. The van der Waals surface area contributed by atoms with Crippen LogP contribution in [0.2, 0.25) is 5.28 Å². The van der Waals surface area contributed by atoms with Gasteiger partial charge in [0, 0.05) is 48.4 Å². The predicted octanol–water partition coefficient (Wildman–Crippen LogP) is 5.31. The standard InChI is InChI=1S/C27H30ClFN6O2/c1-5-7-16-19(23(36)13(3)4)15-9-8-14-12-30-25(21(29)18(14)22(15)31-16)33-24-20-17(32-27(28)34-24)10-11-35(6-2)26(20)37/h12-13,31H,5-11H2,1-4H3,(H,30,32,33,34). The van der Waals surface area contributed by atoms with Crippen molar-refractivity contribution in [3.05, 3.63) is 50.9 Å². The molecule has 0 radical (unpaired) electrons. The molecule has 194 valence electrons. The molecule has 0 fully saturated rings. The molecule has 1 aliphatic carbocycles. The summed E-state index contributed by atoms with van der Waals surface area (Å²) in [6.07, 6.45) is 4.95. The van der Waals surface area contributed by atoms with Crippen LogP contribution in [-0.2, 0) is 25.7 Å². The van der Waals surface area contributed by atoms with Crippen LogP contribution in [0.15, 0.2) is 6.20 Å². The maximum Gasteiger partial charge on any atom is 0.259 e. The van der Waals surface area contributed by atoms with Crippen LogP contribution in [0.25, 0.3) is 11.3 Å². The van der Waals surface area contributed by atoms with Crippen LogP contribution in [0, 0.1) is 11.7 Å². The minimum Gasteiger partial charge on any atom is -0.357 e. The lowest BCUT2D eigenvalue weighted by atomic mass is 9.86. The van der Waals surface area contributed by atoms with E-state index in [1.165, 1.54) is 0 Å².